The third kappa shape index (κ3) is 9.64. The normalized spacial score (nSPS) is 11.0. The van der Waals surface area contributed by atoms with Crippen LogP contribution in [0.1, 0.15) is 11.4 Å². The number of rotatable bonds is 16. The van der Waals surface area contributed by atoms with E-state index in [2.05, 4.69) is 9.97 Å². The van der Waals surface area contributed by atoms with Crippen molar-refractivity contribution in [2.75, 3.05) is 33.3 Å². The van der Waals surface area contributed by atoms with Crippen LogP contribution in [0.25, 0.3) is 33.9 Å². The van der Waals surface area contributed by atoms with Crippen molar-refractivity contribution in [2.24, 2.45) is 0 Å². The first kappa shape index (κ1) is 33.2. The van der Waals surface area contributed by atoms with Crippen LogP contribution < -0.4 is 4.74 Å². The van der Waals surface area contributed by atoms with Gasteiger partial charge in [0.05, 0.1) is 67.5 Å². The van der Waals surface area contributed by atoms with E-state index in [-0.39, 0.29) is 13.1 Å². The van der Waals surface area contributed by atoms with Gasteiger partial charge in [-0.1, -0.05) is 24.3 Å². The molecule has 14 heteroatoms. The van der Waals surface area contributed by atoms with Gasteiger partial charge in [0.25, 0.3) is 0 Å². The van der Waals surface area contributed by atoms with E-state index in [1.165, 1.54) is 9.80 Å². The molecule has 3 heterocycles. The summed E-state index contributed by atoms with van der Waals surface area (Å²) in [7, 11) is 1.56. The number of carboxylic acids is 4. The standard InChI is InChI=1S/C32H31N5O9/c1-46-24-8-2-5-20(11-24)21-12-27(25-9-3-6-22(33-25)14-36(16-29(38)39)17-30(40)41)35-28(13-21)26-10-4-7-23(34-26)15-37(18-31(42)43)19-32(44)45/h2-13H,14-19H2,1H3,(H,38,39)(H,40,41)(H,42,43)(H,44,45). The van der Waals surface area contributed by atoms with Gasteiger partial charge < -0.3 is 25.2 Å². The lowest BCUT2D eigenvalue weighted by atomic mass is 10.0. The summed E-state index contributed by atoms with van der Waals surface area (Å²) in [5.41, 5.74) is 4.21. The zero-order valence-electron chi connectivity index (χ0n) is 24.7. The van der Waals surface area contributed by atoms with Crippen LogP contribution in [0.5, 0.6) is 5.75 Å². The van der Waals surface area contributed by atoms with E-state index < -0.39 is 50.1 Å². The van der Waals surface area contributed by atoms with Gasteiger partial charge in [-0.2, -0.15) is 0 Å². The van der Waals surface area contributed by atoms with Crippen molar-refractivity contribution in [1.82, 2.24) is 24.8 Å². The second kappa shape index (κ2) is 15.3. The molecule has 0 atom stereocenters. The molecular weight excluding hydrogens is 598 g/mol. The zero-order chi connectivity index (χ0) is 33.2. The van der Waals surface area contributed by atoms with Crippen LogP contribution in [0.2, 0.25) is 0 Å². The molecule has 0 saturated carbocycles. The van der Waals surface area contributed by atoms with Crippen LogP contribution in [0.3, 0.4) is 0 Å². The number of aliphatic carboxylic acids is 4. The summed E-state index contributed by atoms with van der Waals surface area (Å²) in [5, 5.41) is 36.9. The van der Waals surface area contributed by atoms with Crippen LogP contribution in [0.15, 0.2) is 72.8 Å². The summed E-state index contributed by atoms with van der Waals surface area (Å²) in [6, 6.07) is 21.2. The first-order chi connectivity index (χ1) is 22.0. The van der Waals surface area contributed by atoms with Crippen LogP contribution in [0, 0.1) is 0 Å². The highest BCUT2D eigenvalue weighted by Gasteiger charge is 2.18. The molecule has 0 bridgehead atoms. The Labute approximate surface area is 263 Å². The number of methoxy groups -OCH3 is 1. The van der Waals surface area contributed by atoms with Gasteiger partial charge in [-0.3, -0.25) is 29.0 Å². The van der Waals surface area contributed by atoms with Gasteiger partial charge in [-0.15, -0.1) is 0 Å². The van der Waals surface area contributed by atoms with E-state index in [4.69, 9.17) is 9.72 Å². The molecular formula is C32H31N5O9. The molecule has 46 heavy (non-hydrogen) atoms. The fraction of sp³-hybridized carbons (Fsp3) is 0.219. The van der Waals surface area contributed by atoms with Gasteiger partial charge in [-0.25, -0.2) is 15.0 Å². The first-order valence-electron chi connectivity index (χ1n) is 13.9. The quantitative estimate of drug-likeness (QED) is 0.141. The predicted octanol–water partition coefficient (Wildman–Crippen LogP) is 2.82. The molecule has 0 fully saturated rings. The van der Waals surface area contributed by atoms with Crippen molar-refractivity contribution in [2.45, 2.75) is 13.1 Å². The minimum absolute atomic E-state index is 0.0261. The molecule has 4 aromatic rings. The molecule has 3 aromatic heterocycles. The molecule has 4 N–H and O–H groups in total. The Morgan fingerprint density at radius 3 is 1.41 bits per heavy atom. The zero-order valence-corrected chi connectivity index (χ0v) is 24.7. The molecule has 0 aliphatic carbocycles. The Balaban J connectivity index is 1.77. The summed E-state index contributed by atoms with van der Waals surface area (Å²) in [6.45, 7) is -1.98. The van der Waals surface area contributed by atoms with E-state index in [0.717, 1.165) is 11.1 Å². The summed E-state index contributed by atoms with van der Waals surface area (Å²) < 4.78 is 5.40. The smallest absolute Gasteiger partial charge is 0.317 e. The summed E-state index contributed by atoms with van der Waals surface area (Å²) in [4.78, 5) is 61.8. The van der Waals surface area contributed by atoms with Gasteiger partial charge in [0.15, 0.2) is 0 Å². The molecule has 0 radical (unpaired) electrons. The predicted molar refractivity (Wildman–Crippen MR) is 164 cm³/mol. The summed E-state index contributed by atoms with van der Waals surface area (Å²) in [5.74, 6) is -4.04. The van der Waals surface area contributed by atoms with Crippen molar-refractivity contribution >= 4 is 23.9 Å². The third-order valence-electron chi connectivity index (χ3n) is 6.57. The fourth-order valence-electron chi connectivity index (χ4n) is 4.74. The van der Waals surface area contributed by atoms with Gasteiger partial charge >= 0.3 is 23.9 Å². The molecule has 0 aliphatic heterocycles. The number of nitrogens with zero attached hydrogens (tertiary/aromatic N) is 5. The maximum Gasteiger partial charge on any atom is 0.317 e. The van der Waals surface area contributed by atoms with Gasteiger partial charge in [-0.05, 0) is 59.7 Å². The molecule has 238 valence electrons. The Hall–Kier alpha value is -5.73. The molecule has 1 aromatic carbocycles. The SMILES string of the molecule is COc1cccc(-c2cc(-c3cccc(CN(CC(=O)O)CC(=O)O)n3)nc(-c3cccc(CN(CC(=O)O)CC(=O)O)n3)c2)c1. The lowest BCUT2D eigenvalue weighted by molar-refractivity contribution is -0.144. The summed E-state index contributed by atoms with van der Waals surface area (Å²) >= 11 is 0. The van der Waals surface area contributed by atoms with E-state index in [1.54, 1.807) is 43.5 Å². The highest BCUT2D eigenvalue weighted by molar-refractivity contribution is 5.76. The number of pyridine rings is 3. The molecule has 0 unspecified atom stereocenters. The average molecular weight is 630 g/mol. The Kier molecular flexibility index (Phi) is 11.0. The number of aromatic nitrogens is 3. The number of carbonyl (C=O) groups is 4. The molecule has 0 saturated heterocycles. The maximum atomic E-state index is 11.3. The summed E-state index contributed by atoms with van der Waals surface area (Å²) in [6.07, 6.45) is 0. The van der Waals surface area contributed by atoms with Gasteiger partial charge in [0.2, 0.25) is 0 Å². The van der Waals surface area contributed by atoms with Crippen molar-refractivity contribution in [3.63, 3.8) is 0 Å². The van der Waals surface area contributed by atoms with E-state index >= 15 is 0 Å². The number of hydrogen-bond acceptors (Lipinski definition) is 10. The van der Waals surface area contributed by atoms with E-state index in [1.807, 2.05) is 36.4 Å². The van der Waals surface area contributed by atoms with Crippen LogP contribution in [-0.2, 0) is 32.3 Å². The van der Waals surface area contributed by atoms with Crippen molar-refractivity contribution in [1.29, 1.82) is 0 Å². The minimum Gasteiger partial charge on any atom is -0.497 e. The molecule has 0 aliphatic rings. The van der Waals surface area contributed by atoms with Crippen molar-refractivity contribution in [3.8, 4) is 39.7 Å². The number of ether oxygens (including phenoxy) is 1. The third-order valence-corrected chi connectivity index (χ3v) is 6.57. The number of benzene rings is 1. The fourth-order valence-corrected chi connectivity index (χ4v) is 4.74. The second-order valence-electron chi connectivity index (χ2n) is 10.3. The second-order valence-corrected chi connectivity index (χ2v) is 10.3. The lowest BCUT2D eigenvalue weighted by Gasteiger charge is -2.18. The largest absolute Gasteiger partial charge is 0.497 e. The topological polar surface area (TPSA) is 204 Å². The molecule has 0 amide bonds. The molecule has 4 rings (SSSR count). The maximum absolute atomic E-state index is 11.3. The van der Waals surface area contributed by atoms with Gasteiger partial charge in [0.1, 0.15) is 5.75 Å². The van der Waals surface area contributed by atoms with Crippen molar-refractivity contribution < 1.29 is 44.3 Å². The van der Waals surface area contributed by atoms with E-state index in [0.29, 0.717) is 39.9 Å². The average Bonchev–Trinajstić information content (AvgIpc) is 3.00. The molecule has 14 nitrogen and oxygen atoms in total. The Morgan fingerprint density at radius 1 is 0.565 bits per heavy atom. The van der Waals surface area contributed by atoms with Gasteiger partial charge in [0, 0.05) is 13.1 Å². The highest BCUT2D eigenvalue weighted by Crippen LogP contribution is 2.31. The van der Waals surface area contributed by atoms with Crippen molar-refractivity contribution in [3.05, 3.63) is 84.2 Å². The Morgan fingerprint density at radius 2 is 1.00 bits per heavy atom. The van der Waals surface area contributed by atoms with Crippen LogP contribution in [0.4, 0.5) is 0 Å². The highest BCUT2D eigenvalue weighted by atomic mass is 16.5. The monoisotopic (exact) mass is 629 g/mol. The lowest BCUT2D eigenvalue weighted by Crippen LogP contribution is -2.34. The minimum atomic E-state index is -1.17. The number of carboxylic acid groups (broad SMARTS) is 4. The van der Waals surface area contributed by atoms with Crippen LogP contribution in [-0.4, -0.2) is 102 Å². The van der Waals surface area contributed by atoms with E-state index in [9.17, 15) is 39.6 Å². The van der Waals surface area contributed by atoms with Crippen LogP contribution >= 0.6 is 0 Å². The Bertz CT molecular complexity index is 1620. The number of hydrogen-bond donors (Lipinski definition) is 4. The first-order valence-corrected chi connectivity index (χ1v) is 13.9. The molecule has 0 spiro atoms.